The number of unbranched alkanes of at least 4 members (excludes halogenated alkanes) is 1. The monoisotopic (exact) mass is 236 g/mol. The minimum atomic E-state index is -0.725. The third-order valence-corrected chi connectivity index (χ3v) is 2.42. The van der Waals surface area contributed by atoms with Gasteiger partial charge in [0.2, 0.25) is 0 Å². The third kappa shape index (κ3) is 5.38. The number of benzene rings is 1. The van der Waals surface area contributed by atoms with Crippen LogP contribution in [0.1, 0.15) is 38.7 Å². The van der Waals surface area contributed by atoms with Gasteiger partial charge in [0.15, 0.2) is 0 Å². The lowest BCUT2D eigenvalue weighted by molar-refractivity contribution is -0.137. The molecule has 0 fully saturated rings. The van der Waals surface area contributed by atoms with Gasteiger partial charge < -0.3 is 9.84 Å². The molecule has 0 heterocycles. The highest BCUT2D eigenvalue weighted by Gasteiger charge is 2.05. The van der Waals surface area contributed by atoms with E-state index in [9.17, 15) is 4.79 Å². The van der Waals surface area contributed by atoms with Crippen LogP contribution in [0.2, 0.25) is 0 Å². The van der Waals surface area contributed by atoms with Crippen molar-refractivity contribution in [3.8, 4) is 5.75 Å². The molecule has 1 aromatic carbocycles. The van der Waals surface area contributed by atoms with Gasteiger partial charge in [-0.25, -0.2) is 0 Å². The van der Waals surface area contributed by atoms with Crippen molar-refractivity contribution in [1.29, 1.82) is 0 Å². The fourth-order valence-electron chi connectivity index (χ4n) is 1.67. The summed E-state index contributed by atoms with van der Waals surface area (Å²) < 4.78 is 5.71. The summed E-state index contributed by atoms with van der Waals surface area (Å²) in [6.45, 7) is 4.00. The lowest BCUT2D eigenvalue weighted by Crippen LogP contribution is -2.07. The molecule has 0 saturated heterocycles. The molecule has 0 aromatic heterocycles. The first-order chi connectivity index (χ1) is 8.09. The van der Waals surface area contributed by atoms with Crippen molar-refractivity contribution in [3.63, 3.8) is 0 Å². The summed E-state index contributed by atoms with van der Waals surface area (Å²) >= 11 is 0. The van der Waals surface area contributed by atoms with E-state index in [0.717, 1.165) is 24.2 Å². The highest BCUT2D eigenvalue weighted by atomic mass is 16.5. The zero-order valence-corrected chi connectivity index (χ0v) is 10.5. The van der Waals surface area contributed by atoms with Gasteiger partial charge in [-0.05, 0) is 44.7 Å². The van der Waals surface area contributed by atoms with Crippen LogP contribution in [-0.4, -0.2) is 17.2 Å². The van der Waals surface area contributed by atoms with Crippen LogP contribution in [0.3, 0.4) is 0 Å². The second-order valence-electron chi connectivity index (χ2n) is 4.38. The van der Waals surface area contributed by atoms with Crippen molar-refractivity contribution in [1.82, 2.24) is 0 Å². The molecule has 0 aliphatic rings. The number of carbonyl (C=O) groups is 1. The Morgan fingerprint density at radius 3 is 2.65 bits per heavy atom. The molecule has 0 radical (unpaired) electrons. The summed E-state index contributed by atoms with van der Waals surface area (Å²) in [5.41, 5.74) is 1.16. The molecule has 0 aliphatic carbocycles. The van der Waals surface area contributed by atoms with E-state index in [0.29, 0.717) is 6.42 Å². The molecule has 1 rings (SSSR count). The van der Waals surface area contributed by atoms with Crippen LogP contribution in [0, 0.1) is 0 Å². The largest absolute Gasteiger partial charge is 0.491 e. The fraction of sp³-hybridized carbons (Fsp3) is 0.500. The van der Waals surface area contributed by atoms with Gasteiger partial charge in [0.25, 0.3) is 0 Å². The van der Waals surface area contributed by atoms with Crippen molar-refractivity contribution in [2.45, 2.75) is 45.6 Å². The van der Waals surface area contributed by atoms with E-state index in [2.05, 4.69) is 0 Å². The standard InChI is InChI=1S/C14H20O3/c1-11(2)17-13-9-5-3-7-12(13)8-4-6-10-14(15)16/h3,5,7,9,11H,4,6,8,10H2,1-2H3,(H,15,16). The van der Waals surface area contributed by atoms with Crippen molar-refractivity contribution in [3.05, 3.63) is 29.8 Å². The summed E-state index contributed by atoms with van der Waals surface area (Å²) in [5.74, 6) is 0.189. The van der Waals surface area contributed by atoms with E-state index < -0.39 is 5.97 Å². The van der Waals surface area contributed by atoms with Crippen LogP contribution < -0.4 is 4.74 Å². The van der Waals surface area contributed by atoms with Crippen LogP contribution in [0.5, 0.6) is 5.75 Å². The second-order valence-corrected chi connectivity index (χ2v) is 4.38. The number of aryl methyl sites for hydroxylation is 1. The van der Waals surface area contributed by atoms with E-state index >= 15 is 0 Å². The van der Waals surface area contributed by atoms with Crippen LogP contribution in [0.25, 0.3) is 0 Å². The zero-order chi connectivity index (χ0) is 12.7. The van der Waals surface area contributed by atoms with Gasteiger partial charge in [0, 0.05) is 6.42 Å². The number of carboxylic acids is 1. The first kappa shape index (κ1) is 13.6. The molecule has 3 heteroatoms. The number of ether oxygens (including phenoxy) is 1. The fourth-order valence-corrected chi connectivity index (χ4v) is 1.67. The number of aliphatic carboxylic acids is 1. The van der Waals surface area contributed by atoms with E-state index in [1.807, 2.05) is 38.1 Å². The number of rotatable bonds is 7. The molecule has 0 spiro atoms. The second kappa shape index (κ2) is 6.94. The number of para-hydroxylation sites is 1. The Kier molecular flexibility index (Phi) is 5.53. The first-order valence-corrected chi connectivity index (χ1v) is 6.06. The average molecular weight is 236 g/mol. The quantitative estimate of drug-likeness (QED) is 0.739. The van der Waals surface area contributed by atoms with Gasteiger partial charge in [0.05, 0.1) is 6.10 Å². The molecule has 0 unspecified atom stereocenters. The molecular formula is C14H20O3. The van der Waals surface area contributed by atoms with E-state index in [4.69, 9.17) is 9.84 Å². The van der Waals surface area contributed by atoms with Gasteiger partial charge in [-0.1, -0.05) is 18.2 Å². The molecule has 94 valence electrons. The third-order valence-electron chi connectivity index (χ3n) is 2.42. The van der Waals surface area contributed by atoms with Crippen molar-refractivity contribution < 1.29 is 14.6 Å². The minimum absolute atomic E-state index is 0.162. The molecule has 3 nitrogen and oxygen atoms in total. The van der Waals surface area contributed by atoms with Crippen LogP contribution >= 0.6 is 0 Å². The van der Waals surface area contributed by atoms with E-state index in [-0.39, 0.29) is 12.5 Å². The molecule has 1 aromatic rings. The minimum Gasteiger partial charge on any atom is -0.491 e. The molecule has 0 amide bonds. The molecule has 0 atom stereocenters. The highest BCUT2D eigenvalue weighted by molar-refractivity contribution is 5.66. The van der Waals surface area contributed by atoms with Crippen molar-refractivity contribution in [2.24, 2.45) is 0 Å². The summed E-state index contributed by atoms with van der Waals surface area (Å²) in [7, 11) is 0. The Hall–Kier alpha value is -1.51. The summed E-state index contributed by atoms with van der Waals surface area (Å²) in [6, 6.07) is 7.95. The van der Waals surface area contributed by atoms with Gasteiger partial charge in [-0.3, -0.25) is 4.79 Å². The predicted molar refractivity (Wildman–Crippen MR) is 67.4 cm³/mol. The average Bonchev–Trinajstić information content (AvgIpc) is 2.25. The highest BCUT2D eigenvalue weighted by Crippen LogP contribution is 2.21. The summed E-state index contributed by atoms with van der Waals surface area (Å²) in [4.78, 5) is 10.4. The Morgan fingerprint density at radius 2 is 2.00 bits per heavy atom. The van der Waals surface area contributed by atoms with E-state index in [1.165, 1.54) is 0 Å². The predicted octanol–water partition coefficient (Wildman–Crippen LogP) is 3.27. The Balaban J connectivity index is 2.49. The Bertz CT molecular complexity index is 358. The molecule has 1 N–H and O–H groups in total. The molecule has 17 heavy (non-hydrogen) atoms. The van der Waals surface area contributed by atoms with Gasteiger partial charge in [-0.15, -0.1) is 0 Å². The maximum atomic E-state index is 10.4. The maximum absolute atomic E-state index is 10.4. The molecule has 0 bridgehead atoms. The van der Waals surface area contributed by atoms with Crippen LogP contribution in [-0.2, 0) is 11.2 Å². The molecular weight excluding hydrogens is 216 g/mol. The smallest absolute Gasteiger partial charge is 0.303 e. The SMILES string of the molecule is CC(C)Oc1ccccc1CCCCC(=O)O. The zero-order valence-electron chi connectivity index (χ0n) is 10.5. The number of hydrogen-bond acceptors (Lipinski definition) is 2. The maximum Gasteiger partial charge on any atom is 0.303 e. The number of carboxylic acid groups (broad SMARTS) is 1. The Labute approximate surface area is 102 Å². The van der Waals surface area contributed by atoms with Crippen LogP contribution in [0.15, 0.2) is 24.3 Å². The van der Waals surface area contributed by atoms with Crippen molar-refractivity contribution in [2.75, 3.05) is 0 Å². The van der Waals surface area contributed by atoms with Gasteiger partial charge >= 0.3 is 5.97 Å². The van der Waals surface area contributed by atoms with Crippen molar-refractivity contribution >= 4 is 5.97 Å². The number of hydrogen-bond donors (Lipinski definition) is 1. The normalized spacial score (nSPS) is 10.5. The molecule has 0 aliphatic heterocycles. The topological polar surface area (TPSA) is 46.5 Å². The lowest BCUT2D eigenvalue weighted by atomic mass is 10.1. The van der Waals surface area contributed by atoms with Crippen LogP contribution in [0.4, 0.5) is 0 Å². The first-order valence-electron chi connectivity index (χ1n) is 6.06. The molecule has 0 saturated carbocycles. The summed E-state index contributed by atoms with van der Waals surface area (Å²) in [6.07, 6.45) is 2.87. The Morgan fingerprint density at radius 1 is 1.29 bits per heavy atom. The lowest BCUT2D eigenvalue weighted by Gasteiger charge is -2.13. The van der Waals surface area contributed by atoms with Gasteiger partial charge in [-0.2, -0.15) is 0 Å². The van der Waals surface area contributed by atoms with E-state index in [1.54, 1.807) is 0 Å². The van der Waals surface area contributed by atoms with Gasteiger partial charge in [0.1, 0.15) is 5.75 Å². The summed E-state index contributed by atoms with van der Waals surface area (Å²) in [5, 5.41) is 8.56.